The maximum atomic E-state index is 12.9. The van der Waals surface area contributed by atoms with E-state index in [4.69, 9.17) is 4.74 Å². The number of nitrogens with one attached hydrogen (secondary N) is 2. The van der Waals surface area contributed by atoms with E-state index in [1.807, 2.05) is 36.5 Å². The number of fused-ring (bicyclic) bond motifs is 1. The quantitative estimate of drug-likeness (QED) is 0.601. The summed E-state index contributed by atoms with van der Waals surface area (Å²) < 4.78 is 4.90. The van der Waals surface area contributed by atoms with Crippen LogP contribution in [0.2, 0.25) is 0 Å². The van der Waals surface area contributed by atoms with Crippen LogP contribution in [0, 0.1) is 0 Å². The minimum absolute atomic E-state index is 0.159. The van der Waals surface area contributed by atoms with Crippen molar-refractivity contribution in [2.24, 2.45) is 5.10 Å². The summed E-state index contributed by atoms with van der Waals surface area (Å²) in [5.41, 5.74) is 2.61. The Kier molecular flexibility index (Phi) is 5.79. The normalized spacial score (nSPS) is 14.8. The summed E-state index contributed by atoms with van der Waals surface area (Å²) in [7, 11) is 1.28. The summed E-state index contributed by atoms with van der Waals surface area (Å²) >= 11 is 0. The first-order chi connectivity index (χ1) is 15.1. The van der Waals surface area contributed by atoms with Gasteiger partial charge in [-0.15, -0.1) is 0 Å². The molecule has 1 aliphatic heterocycles. The van der Waals surface area contributed by atoms with E-state index >= 15 is 0 Å². The highest BCUT2D eigenvalue weighted by atomic mass is 16.5. The molecule has 1 aromatic heterocycles. The summed E-state index contributed by atoms with van der Waals surface area (Å²) in [6.07, 6.45) is 2.44. The second kappa shape index (κ2) is 8.83. The van der Waals surface area contributed by atoms with Crippen molar-refractivity contribution in [2.45, 2.75) is 25.3 Å². The van der Waals surface area contributed by atoms with Gasteiger partial charge < -0.3 is 15.0 Å². The third-order valence-electron chi connectivity index (χ3n) is 5.19. The fourth-order valence-electron chi connectivity index (χ4n) is 3.59. The smallest absolute Gasteiger partial charge is 0.328 e. The summed E-state index contributed by atoms with van der Waals surface area (Å²) in [4.78, 5) is 40.7. The van der Waals surface area contributed by atoms with Gasteiger partial charge in [0.05, 0.1) is 12.8 Å². The lowest BCUT2D eigenvalue weighted by molar-refractivity contribution is -0.144. The molecular formula is C23H22N4O4. The number of carbonyl (C=O) groups excluding carboxylic acids is 3. The highest BCUT2D eigenvalue weighted by molar-refractivity contribution is 6.40. The Morgan fingerprint density at radius 1 is 1.13 bits per heavy atom. The number of hydrogen-bond acceptors (Lipinski definition) is 5. The average Bonchev–Trinajstić information content (AvgIpc) is 3.21. The molecule has 1 atom stereocenters. The molecule has 0 spiro atoms. The van der Waals surface area contributed by atoms with Crippen LogP contribution in [0.25, 0.3) is 10.9 Å². The first kappa shape index (κ1) is 20.3. The van der Waals surface area contributed by atoms with E-state index in [0.717, 1.165) is 16.5 Å². The number of hydrogen-bond donors (Lipinski definition) is 2. The number of nitrogens with zero attached hydrogens (tertiary/aromatic N) is 2. The van der Waals surface area contributed by atoms with Crippen LogP contribution in [0.1, 0.15) is 18.4 Å². The molecule has 0 radical (unpaired) electrons. The number of methoxy groups -OCH3 is 1. The molecule has 2 amide bonds. The van der Waals surface area contributed by atoms with Crippen LogP contribution < -0.4 is 10.3 Å². The number of esters is 1. The van der Waals surface area contributed by atoms with E-state index in [1.165, 1.54) is 12.1 Å². The van der Waals surface area contributed by atoms with Gasteiger partial charge in [0, 0.05) is 36.4 Å². The Morgan fingerprint density at radius 2 is 1.87 bits per heavy atom. The van der Waals surface area contributed by atoms with Crippen LogP contribution in [0.15, 0.2) is 65.9 Å². The maximum Gasteiger partial charge on any atom is 0.328 e. The Bertz CT molecular complexity index is 1150. The van der Waals surface area contributed by atoms with Crippen LogP contribution in [-0.2, 0) is 25.5 Å². The van der Waals surface area contributed by atoms with Crippen molar-refractivity contribution in [3.63, 3.8) is 0 Å². The van der Waals surface area contributed by atoms with Crippen molar-refractivity contribution >= 4 is 40.1 Å². The van der Waals surface area contributed by atoms with Gasteiger partial charge in [0.2, 0.25) is 5.91 Å². The largest absolute Gasteiger partial charge is 0.467 e. The van der Waals surface area contributed by atoms with Crippen molar-refractivity contribution < 1.29 is 19.1 Å². The van der Waals surface area contributed by atoms with Crippen LogP contribution in [0.3, 0.4) is 0 Å². The lowest BCUT2D eigenvalue weighted by Crippen LogP contribution is -2.47. The van der Waals surface area contributed by atoms with Crippen LogP contribution in [0.5, 0.6) is 0 Å². The van der Waals surface area contributed by atoms with E-state index in [9.17, 15) is 14.4 Å². The number of aromatic amines is 1. The second-order valence-electron chi connectivity index (χ2n) is 7.20. The first-order valence-corrected chi connectivity index (χ1v) is 9.96. The van der Waals surface area contributed by atoms with Gasteiger partial charge in [-0.1, -0.05) is 36.4 Å². The number of carbonyl (C=O) groups is 3. The predicted molar refractivity (Wildman–Crippen MR) is 117 cm³/mol. The average molecular weight is 418 g/mol. The van der Waals surface area contributed by atoms with E-state index in [0.29, 0.717) is 5.69 Å². The molecule has 0 bridgehead atoms. The van der Waals surface area contributed by atoms with Gasteiger partial charge in [-0.05, 0) is 23.8 Å². The summed E-state index contributed by atoms with van der Waals surface area (Å²) in [6.45, 7) is 0. The van der Waals surface area contributed by atoms with Gasteiger partial charge in [-0.25, -0.2) is 9.80 Å². The molecule has 8 nitrogen and oxygen atoms in total. The number of hydrazone groups is 1. The molecule has 2 N–H and O–H groups in total. The first-order valence-electron chi connectivity index (χ1n) is 9.96. The molecule has 31 heavy (non-hydrogen) atoms. The molecule has 0 saturated carbocycles. The van der Waals surface area contributed by atoms with Gasteiger partial charge in [0.15, 0.2) is 0 Å². The number of amides is 2. The number of aromatic nitrogens is 1. The fourth-order valence-corrected chi connectivity index (χ4v) is 3.59. The van der Waals surface area contributed by atoms with E-state index in [2.05, 4.69) is 15.4 Å². The van der Waals surface area contributed by atoms with E-state index < -0.39 is 17.9 Å². The Morgan fingerprint density at radius 3 is 2.65 bits per heavy atom. The van der Waals surface area contributed by atoms with Gasteiger partial charge in [-0.3, -0.25) is 9.59 Å². The molecule has 8 heteroatoms. The Labute approximate surface area is 178 Å². The van der Waals surface area contributed by atoms with Crippen molar-refractivity contribution in [1.29, 1.82) is 0 Å². The monoisotopic (exact) mass is 418 g/mol. The van der Waals surface area contributed by atoms with Crippen LogP contribution in [-0.4, -0.2) is 41.6 Å². The number of rotatable bonds is 6. The molecule has 2 aromatic carbocycles. The molecule has 0 aliphatic carbocycles. The summed E-state index contributed by atoms with van der Waals surface area (Å²) in [5, 5.41) is 9.18. The molecule has 4 rings (SSSR count). The number of anilines is 1. The Balaban J connectivity index is 1.55. The maximum absolute atomic E-state index is 12.9. The minimum atomic E-state index is -0.887. The van der Waals surface area contributed by atoms with Crippen molar-refractivity contribution in [3.8, 4) is 0 Å². The molecule has 3 aromatic rings. The molecule has 1 aliphatic rings. The number of para-hydroxylation sites is 2. The third-order valence-corrected chi connectivity index (χ3v) is 5.19. The zero-order valence-corrected chi connectivity index (χ0v) is 17.0. The van der Waals surface area contributed by atoms with Gasteiger partial charge in [0.25, 0.3) is 5.91 Å². The SMILES string of the molecule is COC(=O)[C@H](Cc1c[nH]c2ccccc12)NC(=O)C1=NN(c2ccccc2)C(=O)CC1. The Hall–Kier alpha value is -3.94. The van der Waals surface area contributed by atoms with E-state index in [-0.39, 0.29) is 30.9 Å². The second-order valence-corrected chi connectivity index (χ2v) is 7.20. The van der Waals surface area contributed by atoms with Gasteiger partial charge in [0.1, 0.15) is 11.8 Å². The highest BCUT2D eigenvalue weighted by Crippen LogP contribution is 2.21. The molecular weight excluding hydrogens is 396 g/mol. The number of ether oxygens (including phenoxy) is 1. The minimum Gasteiger partial charge on any atom is -0.467 e. The van der Waals surface area contributed by atoms with Crippen LogP contribution in [0.4, 0.5) is 5.69 Å². The standard InChI is InChI=1S/C23H22N4O4/c1-31-23(30)20(13-15-14-24-18-10-6-5-9-17(15)18)25-22(29)19-11-12-21(28)27(26-19)16-7-3-2-4-8-16/h2-10,14,20,24H,11-13H2,1H3,(H,25,29)/t20-/m0/s1. The number of H-pyrrole nitrogens is 1. The molecule has 0 saturated heterocycles. The van der Waals surface area contributed by atoms with Crippen LogP contribution >= 0.6 is 0 Å². The van der Waals surface area contributed by atoms with Crippen molar-refractivity contribution in [1.82, 2.24) is 10.3 Å². The third kappa shape index (κ3) is 4.32. The molecule has 0 fully saturated rings. The summed E-state index contributed by atoms with van der Waals surface area (Å²) in [6, 6.07) is 15.8. The fraction of sp³-hybridized carbons (Fsp3) is 0.217. The predicted octanol–water partition coefficient (Wildman–Crippen LogP) is 2.55. The number of benzene rings is 2. The topological polar surface area (TPSA) is 104 Å². The lowest BCUT2D eigenvalue weighted by Gasteiger charge is -2.24. The summed E-state index contributed by atoms with van der Waals surface area (Å²) in [5.74, 6) is -1.24. The zero-order valence-electron chi connectivity index (χ0n) is 17.0. The van der Waals surface area contributed by atoms with Gasteiger partial charge in [-0.2, -0.15) is 5.10 Å². The molecule has 0 unspecified atom stereocenters. The lowest BCUT2D eigenvalue weighted by atomic mass is 10.0. The van der Waals surface area contributed by atoms with Crippen molar-refractivity contribution in [3.05, 3.63) is 66.4 Å². The molecule has 158 valence electrons. The van der Waals surface area contributed by atoms with Gasteiger partial charge >= 0.3 is 5.97 Å². The highest BCUT2D eigenvalue weighted by Gasteiger charge is 2.29. The van der Waals surface area contributed by atoms with E-state index in [1.54, 1.807) is 24.3 Å². The zero-order chi connectivity index (χ0) is 21.8. The van der Waals surface area contributed by atoms with Crippen molar-refractivity contribution in [2.75, 3.05) is 12.1 Å². The molecule has 2 heterocycles.